The molecule has 2 heterocycles. The fraction of sp³-hybridized carbons (Fsp3) is 0. The number of aromatic nitrogens is 2. The van der Waals surface area contributed by atoms with E-state index in [1.54, 1.807) is 18.5 Å². The van der Waals surface area contributed by atoms with Crippen molar-refractivity contribution in [2.75, 3.05) is 5.73 Å². The van der Waals surface area contributed by atoms with Gasteiger partial charge in [-0.05, 0) is 24.3 Å². The van der Waals surface area contributed by atoms with Gasteiger partial charge in [0.1, 0.15) is 5.52 Å². The first kappa shape index (κ1) is 8.91. The van der Waals surface area contributed by atoms with Crippen molar-refractivity contribution in [3.8, 4) is 11.5 Å². The number of fused-ring (bicyclic) bond motifs is 1. The van der Waals surface area contributed by atoms with Crippen LogP contribution in [0.1, 0.15) is 0 Å². The highest BCUT2D eigenvalue weighted by Gasteiger charge is 2.09. The van der Waals surface area contributed by atoms with Crippen LogP contribution in [-0.2, 0) is 0 Å². The molecule has 0 radical (unpaired) electrons. The van der Waals surface area contributed by atoms with Crippen molar-refractivity contribution in [1.82, 2.24) is 9.97 Å². The van der Waals surface area contributed by atoms with Gasteiger partial charge in [0, 0.05) is 12.4 Å². The Labute approximate surface area is 91.7 Å². The third-order valence-electron chi connectivity index (χ3n) is 2.35. The molecule has 0 aliphatic heterocycles. The second-order valence-corrected chi connectivity index (χ2v) is 3.46. The Hall–Kier alpha value is -2.36. The predicted molar refractivity (Wildman–Crippen MR) is 61.7 cm³/mol. The van der Waals surface area contributed by atoms with E-state index >= 15 is 0 Å². The number of rotatable bonds is 1. The van der Waals surface area contributed by atoms with E-state index in [-0.39, 0.29) is 0 Å². The van der Waals surface area contributed by atoms with E-state index in [4.69, 9.17) is 10.2 Å². The smallest absolute Gasteiger partial charge is 0.228 e. The Balaban J connectivity index is 2.23. The number of oxazole rings is 1. The Bertz CT molecular complexity index is 631. The number of anilines is 1. The summed E-state index contributed by atoms with van der Waals surface area (Å²) in [7, 11) is 0. The summed E-state index contributed by atoms with van der Waals surface area (Å²) in [6.07, 6.45) is 3.42. The van der Waals surface area contributed by atoms with Gasteiger partial charge in [-0.3, -0.25) is 4.98 Å². The second-order valence-electron chi connectivity index (χ2n) is 3.46. The minimum absolute atomic E-state index is 0.543. The summed E-state index contributed by atoms with van der Waals surface area (Å²) in [5.41, 5.74) is 8.63. The fourth-order valence-electron chi connectivity index (χ4n) is 1.58. The largest absolute Gasteiger partial charge is 0.434 e. The molecule has 78 valence electrons. The summed E-state index contributed by atoms with van der Waals surface area (Å²) in [5.74, 6) is 0.543. The first-order valence-electron chi connectivity index (χ1n) is 4.90. The predicted octanol–water partition coefficient (Wildman–Crippen LogP) is 2.47. The van der Waals surface area contributed by atoms with Crippen molar-refractivity contribution >= 4 is 16.8 Å². The lowest BCUT2D eigenvalue weighted by Crippen LogP contribution is -1.82. The maximum absolute atomic E-state index is 5.80. The van der Waals surface area contributed by atoms with Gasteiger partial charge >= 0.3 is 0 Å². The molecule has 0 fully saturated rings. The summed E-state index contributed by atoms with van der Waals surface area (Å²) in [6, 6.07) is 9.25. The zero-order chi connectivity index (χ0) is 11.0. The molecule has 2 aromatic heterocycles. The molecule has 3 rings (SSSR count). The van der Waals surface area contributed by atoms with Crippen LogP contribution in [0.3, 0.4) is 0 Å². The normalized spacial score (nSPS) is 10.8. The maximum atomic E-state index is 5.80. The quantitative estimate of drug-likeness (QED) is 0.628. The Morgan fingerprint density at radius 3 is 2.81 bits per heavy atom. The van der Waals surface area contributed by atoms with Crippen molar-refractivity contribution in [3.05, 3.63) is 42.7 Å². The molecule has 4 heteroatoms. The van der Waals surface area contributed by atoms with E-state index in [9.17, 15) is 0 Å². The van der Waals surface area contributed by atoms with E-state index in [2.05, 4.69) is 9.97 Å². The van der Waals surface area contributed by atoms with Crippen molar-refractivity contribution in [2.45, 2.75) is 0 Å². The third-order valence-corrected chi connectivity index (χ3v) is 2.35. The van der Waals surface area contributed by atoms with Crippen molar-refractivity contribution < 1.29 is 4.42 Å². The lowest BCUT2D eigenvalue weighted by molar-refractivity contribution is 0.620. The van der Waals surface area contributed by atoms with Gasteiger partial charge in [0.25, 0.3) is 0 Å². The number of nitrogen functional groups attached to an aromatic ring is 1. The topological polar surface area (TPSA) is 64.9 Å². The minimum atomic E-state index is 0.543. The van der Waals surface area contributed by atoms with Crippen LogP contribution in [-0.4, -0.2) is 9.97 Å². The van der Waals surface area contributed by atoms with E-state index in [0.717, 1.165) is 11.1 Å². The molecular formula is C12H9N3O. The number of hydrogen-bond acceptors (Lipinski definition) is 4. The van der Waals surface area contributed by atoms with Crippen LogP contribution in [0, 0.1) is 0 Å². The number of pyridine rings is 1. The zero-order valence-corrected chi connectivity index (χ0v) is 8.42. The molecule has 0 bridgehead atoms. The lowest BCUT2D eigenvalue weighted by atomic mass is 10.3. The maximum Gasteiger partial charge on any atom is 0.228 e. The van der Waals surface area contributed by atoms with Gasteiger partial charge in [-0.1, -0.05) is 6.07 Å². The Morgan fingerprint density at radius 1 is 1.12 bits per heavy atom. The standard InChI is InChI=1S/C12H9N3O/c13-9-4-1-5-10-11(9)16-12(15-10)8-3-2-6-14-7-8/h1-7H,13H2. The minimum Gasteiger partial charge on any atom is -0.434 e. The molecular weight excluding hydrogens is 202 g/mol. The van der Waals surface area contributed by atoms with Gasteiger partial charge in [0.2, 0.25) is 5.89 Å². The Kier molecular flexibility index (Phi) is 1.86. The Morgan fingerprint density at radius 2 is 2.06 bits per heavy atom. The molecule has 0 saturated heterocycles. The monoisotopic (exact) mass is 211 g/mol. The molecule has 0 spiro atoms. The molecule has 4 nitrogen and oxygen atoms in total. The average Bonchev–Trinajstić information content (AvgIpc) is 2.76. The van der Waals surface area contributed by atoms with Crippen molar-refractivity contribution in [1.29, 1.82) is 0 Å². The van der Waals surface area contributed by atoms with Crippen LogP contribution in [0.4, 0.5) is 5.69 Å². The van der Waals surface area contributed by atoms with Crippen LogP contribution in [0.2, 0.25) is 0 Å². The molecule has 0 saturated carbocycles. The molecule has 0 aliphatic rings. The molecule has 3 aromatic rings. The zero-order valence-electron chi connectivity index (χ0n) is 8.42. The van der Waals surface area contributed by atoms with E-state index in [0.29, 0.717) is 17.2 Å². The molecule has 2 N–H and O–H groups in total. The lowest BCUT2D eigenvalue weighted by Gasteiger charge is -1.92. The number of para-hydroxylation sites is 1. The van der Waals surface area contributed by atoms with Crippen molar-refractivity contribution in [3.63, 3.8) is 0 Å². The number of benzene rings is 1. The van der Waals surface area contributed by atoms with E-state index in [1.807, 2.05) is 24.3 Å². The van der Waals surface area contributed by atoms with E-state index < -0.39 is 0 Å². The van der Waals surface area contributed by atoms with Gasteiger partial charge in [0.15, 0.2) is 5.58 Å². The van der Waals surface area contributed by atoms with Gasteiger partial charge < -0.3 is 10.2 Å². The summed E-state index contributed by atoms with van der Waals surface area (Å²) < 4.78 is 5.61. The first-order valence-corrected chi connectivity index (χ1v) is 4.90. The van der Waals surface area contributed by atoms with Crippen LogP contribution in [0.15, 0.2) is 47.1 Å². The molecule has 0 aliphatic carbocycles. The highest BCUT2D eigenvalue weighted by molar-refractivity contribution is 5.86. The van der Waals surface area contributed by atoms with Gasteiger partial charge in [-0.15, -0.1) is 0 Å². The van der Waals surface area contributed by atoms with Crippen LogP contribution in [0.5, 0.6) is 0 Å². The number of nitrogens with zero attached hydrogens (tertiary/aromatic N) is 2. The molecule has 0 unspecified atom stereocenters. The summed E-state index contributed by atoms with van der Waals surface area (Å²) in [6.45, 7) is 0. The van der Waals surface area contributed by atoms with Crippen LogP contribution < -0.4 is 5.73 Å². The van der Waals surface area contributed by atoms with Crippen LogP contribution in [0.25, 0.3) is 22.6 Å². The van der Waals surface area contributed by atoms with E-state index in [1.165, 1.54) is 0 Å². The molecule has 0 atom stereocenters. The summed E-state index contributed by atoms with van der Waals surface area (Å²) >= 11 is 0. The number of hydrogen-bond donors (Lipinski definition) is 1. The molecule has 16 heavy (non-hydrogen) atoms. The van der Waals surface area contributed by atoms with Crippen molar-refractivity contribution in [2.24, 2.45) is 0 Å². The first-order chi connectivity index (χ1) is 7.84. The SMILES string of the molecule is Nc1cccc2nc(-c3cccnc3)oc12. The third kappa shape index (κ3) is 1.32. The van der Waals surface area contributed by atoms with Gasteiger partial charge in [-0.2, -0.15) is 0 Å². The highest BCUT2D eigenvalue weighted by Crippen LogP contribution is 2.26. The molecule has 0 amide bonds. The number of nitrogens with two attached hydrogens (primary N) is 1. The molecule has 1 aromatic carbocycles. The average molecular weight is 211 g/mol. The van der Waals surface area contributed by atoms with Crippen LogP contribution >= 0.6 is 0 Å². The summed E-state index contributed by atoms with van der Waals surface area (Å²) in [4.78, 5) is 8.38. The van der Waals surface area contributed by atoms with Gasteiger partial charge in [0.05, 0.1) is 11.3 Å². The van der Waals surface area contributed by atoms with Gasteiger partial charge in [-0.25, -0.2) is 4.98 Å². The summed E-state index contributed by atoms with van der Waals surface area (Å²) in [5, 5.41) is 0. The fourth-order valence-corrected chi connectivity index (χ4v) is 1.58. The highest BCUT2D eigenvalue weighted by atomic mass is 16.3. The second kappa shape index (κ2) is 3.34.